The number of piperidine rings is 1. The number of hydrogen-bond acceptors (Lipinski definition) is 3. The molecule has 2 bridgehead atoms. The number of imidazole rings is 1. The Kier molecular flexibility index (Phi) is 9.00. The Morgan fingerprint density at radius 2 is 1.71 bits per heavy atom. The topological polar surface area (TPSA) is 29.3 Å². The molecule has 2 aromatic heterocycles. The highest BCUT2D eigenvalue weighted by Gasteiger charge is 2.30. The van der Waals surface area contributed by atoms with Crippen LogP contribution < -0.4 is 5.32 Å². The normalized spacial score (nSPS) is 20.9. The monoisotopic (exact) mass is 481 g/mol. The number of benzene rings is 1. The minimum absolute atomic E-state index is 0.301. The summed E-state index contributed by atoms with van der Waals surface area (Å²) in [4.78, 5) is 6.40. The van der Waals surface area contributed by atoms with E-state index in [4.69, 9.17) is 0 Å². The van der Waals surface area contributed by atoms with Crippen molar-refractivity contribution >= 4 is 17.4 Å². The van der Waals surface area contributed by atoms with E-state index in [1.165, 1.54) is 31.2 Å². The molecule has 1 aromatic carbocycles. The molecule has 5 rings (SSSR count). The molecular weight excluding hydrogens is 441 g/mol. The van der Waals surface area contributed by atoms with Crippen molar-refractivity contribution in [3.05, 3.63) is 64.7 Å². The molecule has 2 fully saturated rings. The number of nitrogens with zero attached hydrogens (tertiary/aromatic N) is 2. The molecular formula is C29H40FN3S. The van der Waals surface area contributed by atoms with Gasteiger partial charge in [0.25, 0.3) is 0 Å². The van der Waals surface area contributed by atoms with Gasteiger partial charge in [-0.25, -0.2) is 9.37 Å². The largest absolute Gasteiger partial charge is 0.311 e. The van der Waals surface area contributed by atoms with Gasteiger partial charge in [-0.05, 0) is 93.0 Å². The maximum absolute atomic E-state index is 14.4. The summed E-state index contributed by atoms with van der Waals surface area (Å²) < 4.78 is 16.1. The zero-order valence-electron chi connectivity index (χ0n) is 21.8. The Bertz CT molecular complexity index is 1140. The van der Waals surface area contributed by atoms with E-state index in [-0.39, 0.29) is 5.82 Å². The molecule has 2 saturated heterocycles. The summed E-state index contributed by atoms with van der Waals surface area (Å²) in [6, 6.07) is 7.60. The Morgan fingerprint density at radius 1 is 1.06 bits per heavy atom. The van der Waals surface area contributed by atoms with E-state index in [9.17, 15) is 4.39 Å². The van der Waals surface area contributed by atoms with Crippen molar-refractivity contribution in [1.29, 1.82) is 0 Å². The summed E-state index contributed by atoms with van der Waals surface area (Å²) in [6.45, 7) is 18.3. The van der Waals surface area contributed by atoms with Crippen molar-refractivity contribution in [2.45, 2.75) is 91.1 Å². The molecule has 4 heterocycles. The second-order valence-electron chi connectivity index (χ2n) is 9.64. The van der Waals surface area contributed by atoms with Gasteiger partial charge in [0.05, 0.1) is 5.69 Å². The Hall–Kier alpha value is -2.11. The summed E-state index contributed by atoms with van der Waals surface area (Å²) >= 11 is 1.65. The van der Waals surface area contributed by atoms with Crippen molar-refractivity contribution < 1.29 is 4.39 Å². The first-order valence-electron chi connectivity index (χ1n) is 12.6. The molecule has 2 atom stereocenters. The van der Waals surface area contributed by atoms with E-state index in [1.54, 1.807) is 22.2 Å². The molecule has 1 N–H and O–H groups in total. The van der Waals surface area contributed by atoms with Gasteiger partial charge in [0.15, 0.2) is 11.5 Å². The molecule has 5 heteroatoms. The second kappa shape index (κ2) is 11.5. The molecule has 2 aliphatic heterocycles. The number of nitrogens with one attached hydrogen (secondary N) is 1. The standard InChI is InChI=1S/C19H19FN2S.C8H15N.C2H6/c1-11(2)23-18-8-16(12(3)6-13(18)4)15-7-17(20)19-21-14(5)9-22(19)10-15;1-6-4-7-2-3-8(5-6)9-7;1-2/h6-10H,1H2,2-5H3;6-9H,2-5H2,1H3;1-2H3. The predicted octanol–water partition coefficient (Wildman–Crippen LogP) is 8.25. The fraction of sp³-hybridized carbons (Fsp3) is 0.483. The molecule has 0 aliphatic carbocycles. The maximum Gasteiger partial charge on any atom is 0.173 e. The number of aromatic nitrogens is 2. The highest BCUT2D eigenvalue weighted by molar-refractivity contribution is 8.03. The number of hydrogen-bond donors (Lipinski definition) is 1. The van der Waals surface area contributed by atoms with Gasteiger partial charge in [-0.3, -0.25) is 0 Å². The molecule has 2 aliphatic rings. The summed E-state index contributed by atoms with van der Waals surface area (Å²) in [5.74, 6) is 0.688. The summed E-state index contributed by atoms with van der Waals surface area (Å²) in [6.07, 6.45) is 9.51. The average Bonchev–Trinajstić information content (AvgIpc) is 3.32. The van der Waals surface area contributed by atoms with Crippen LogP contribution >= 0.6 is 11.8 Å². The minimum Gasteiger partial charge on any atom is -0.311 e. The van der Waals surface area contributed by atoms with Crippen LogP contribution in [0, 0.1) is 32.5 Å². The first kappa shape index (κ1) is 26.5. The van der Waals surface area contributed by atoms with Gasteiger partial charge in [0.2, 0.25) is 0 Å². The third-order valence-corrected chi connectivity index (χ3v) is 7.46. The van der Waals surface area contributed by atoms with Gasteiger partial charge >= 0.3 is 0 Å². The summed E-state index contributed by atoms with van der Waals surface area (Å²) in [5.41, 5.74) is 5.40. The van der Waals surface area contributed by atoms with Crippen LogP contribution in [0.3, 0.4) is 0 Å². The Balaban J connectivity index is 0.000000243. The van der Waals surface area contributed by atoms with Crippen molar-refractivity contribution in [2.24, 2.45) is 5.92 Å². The van der Waals surface area contributed by atoms with Crippen LogP contribution in [0.5, 0.6) is 0 Å². The second-order valence-corrected chi connectivity index (χ2v) is 11.0. The number of aryl methyl sites for hydroxylation is 3. The van der Waals surface area contributed by atoms with Crippen LogP contribution in [0.1, 0.15) is 70.2 Å². The lowest BCUT2D eigenvalue weighted by molar-refractivity contribution is 0.319. The molecule has 3 aromatic rings. The Morgan fingerprint density at radius 3 is 2.32 bits per heavy atom. The highest BCUT2D eigenvalue weighted by Crippen LogP contribution is 2.35. The lowest BCUT2D eigenvalue weighted by Gasteiger charge is -2.25. The van der Waals surface area contributed by atoms with Crippen molar-refractivity contribution in [3.63, 3.8) is 0 Å². The number of thioether (sulfide) groups is 1. The van der Waals surface area contributed by atoms with Crippen molar-refractivity contribution in [3.8, 4) is 11.1 Å². The van der Waals surface area contributed by atoms with E-state index in [1.807, 2.05) is 40.1 Å². The van der Waals surface area contributed by atoms with E-state index < -0.39 is 0 Å². The third kappa shape index (κ3) is 6.31. The minimum atomic E-state index is -0.301. The molecule has 0 radical (unpaired) electrons. The first-order chi connectivity index (χ1) is 16.2. The van der Waals surface area contributed by atoms with Gasteiger partial charge in [-0.2, -0.15) is 0 Å². The summed E-state index contributed by atoms with van der Waals surface area (Å²) in [5, 5.41) is 3.62. The first-order valence-corrected chi connectivity index (χ1v) is 13.4. The van der Waals surface area contributed by atoms with Crippen molar-refractivity contribution in [2.75, 3.05) is 0 Å². The van der Waals surface area contributed by atoms with Crippen LogP contribution in [0.25, 0.3) is 16.8 Å². The molecule has 2 unspecified atom stereocenters. The number of rotatable bonds is 3. The van der Waals surface area contributed by atoms with E-state index in [2.05, 4.69) is 49.8 Å². The molecule has 0 spiro atoms. The molecule has 0 saturated carbocycles. The smallest absolute Gasteiger partial charge is 0.173 e. The number of halogens is 1. The molecule has 0 amide bonds. The van der Waals surface area contributed by atoms with Gasteiger partial charge in [-0.1, -0.05) is 45.2 Å². The predicted molar refractivity (Wildman–Crippen MR) is 145 cm³/mol. The van der Waals surface area contributed by atoms with Gasteiger partial charge in [0.1, 0.15) is 0 Å². The number of fused-ring (bicyclic) bond motifs is 3. The molecule has 34 heavy (non-hydrogen) atoms. The fourth-order valence-electron chi connectivity index (χ4n) is 5.11. The van der Waals surface area contributed by atoms with Crippen molar-refractivity contribution in [1.82, 2.24) is 14.7 Å². The number of pyridine rings is 1. The maximum atomic E-state index is 14.4. The molecule has 3 nitrogen and oxygen atoms in total. The number of allylic oxidation sites excluding steroid dienone is 1. The molecule has 184 valence electrons. The average molecular weight is 482 g/mol. The van der Waals surface area contributed by atoms with Gasteiger partial charge in [-0.15, -0.1) is 0 Å². The van der Waals surface area contributed by atoms with Crippen LogP contribution in [0.2, 0.25) is 0 Å². The lowest BCUT2D eigenvalue weighted by Crippen LogP contribution is -2.37. The van der Waals surface area contributed by atoms with Crippen LogP contribution in [0.15, 0.2) is 47.0 Å². The zero-order valence-corrected chi connectivity index (χ0v) is 22.7. The lowest BCUT2D eigenvalue weighted by atomic mass is 9.95. The van der Waals surface area contributed by atoms with E-state index in [0.717, 1.165) is 50.2 Å². The van der Waals surface area contributed by atoms with Gasteiger partial charge in [0, 0.05) is 34.9 Å². The Labute approximate surface area is 209 Å². The third-order valence-electron chi connectivity index (χ3n) is 6.45. The SMILES string of the molecule is C=C(C)Sc1cc(-c2cc(F)c3nc(C)cn3c2)c(C)cc1C.CC.CC1CC2CCC(C1)N2. The highest BCUT2D eigenvalue weighted by atomic mass is 32.2. The van der Waals surface area contributed by atoms with E-state index in [0.29, 0.717) is 5.65 Å². The quantitative estimate of drug-likeness (QED) is 0.382. The van der Waals surface area contributed by atoms with Gasteiger partial charge < -0.3 is 9.72 Å². The van der Waals surface area contributed by atoms with Crippen LogP contribution in [0.4, 0.5) is 4.39 Å². The zero-order chi connectivity index (χ0) is 25.0. The van der Waals surface area contributed by atoms with Crippen LogP contribution in [-0.2, 0) is 0 Å². The van der Waals surface area contributed by atoms with Crippen LogP contribution in [-0.4, -0.2) is 21.5 Å². The van der Waals surface area contributed by atoms with E-state index >= 15 is 0 Å². The fourth-order valence-corrected chi connectivity index (χ4v) is 5.88. The summed E-state index contributed by atoms with van der Waals surface area (Å²) in [7, 11) is 0.